The summed E-state index contributed by atoms with van der Waals surface area (Å²) in [5, 5.41) is 0. The van der Waals surface area contributed by atoms with Gasteiger partial charge in [-0.1, -0.05) is 20.8 Å². The van der Waals surface area contributed by atoms with Crippen LogP contribution in [0.5, 0.6) is 0 Å². The lowest BCUT2D eigenvalue weighted by Gasteiger charge is -2.20. The fraction of sp³-hybridized carbons (Fsp3) is 0.588. The smallest absolute Gasteiger partial charge is 0.115 e. The highest BCUT2D eigenvalue weighted by molar-refractivity contribution is 5.79. The minimum absolute atomic E-state index is 0.0370. The van der Waals surface area contributed by atoms with Crippen molar-refractivity contribution < 1.29 is 0 Å². The average molecular weight is 288 g/mol. The molecule has 2 aromatic rings. The van der Waals surface area contributed by atoms with Crippen molar-refractivity contribution in [3.8, 4) is 0 Å². The van der Waals surface area contributed by atoms with Crippen molar-refractivity contribution in [3.63, 3.8) is 0 Å². The molecule has 0 saturated carbocycles. The van der Waals surface area contributed by atoms with E-state index in [0.717, 1.165) is 36.5 Å². The number of aromatic nitrogens is 2. The summed E-state index contributed by atoms with van der Waals surface area (Å²) in [4.78, 5) is 7.06. The van der Waals surface area contributed by atoms with E-state index in [4.69, 9.17) is 10.7 Å². The van der Waals surface area contributed by atoms with Gasteiger partial charge in [-0.15, -0.1) is 0 Å². The lowest BCUT2D eigenvalue weighted by Crippen LogP contribution is -2.20. The van der Waals surface area contributed by atoms with Gasteiger partial charge < -0.3 is 15.2 Å². The average Bonchev–Trinajstić information content (AvgIpc) is 2.72. The molecule has 2 N–H and O–H groups in total. The Balaban J connectivity index is 2.30. The number of nitrogens with zero attached hydrogens (tertiary/aromatic N) is 3. The minimum atomic E-state index is 0.0370. The van der Waals surface area contributed by atoms with Crippen LogP contribution in [0.4, 0.5) is 5.69 Å². The van der Waals surface area contributed by atoms with E-state index in [2.05, 4.69) is 50.4 Å². The number of imidazole rings is 1. The first-order chi connectivity index (χ1) is 9.79. The molecule has 0 spiro atoms. The molecular weight excluding hydrogens is 260 g/mol. The number of nitrogen functional groups attached to an aromatic ring is 1. The summed E-state index contributed by atoms with van der Waals surface area (Å²) in [7, 11) is 4.24. The van der Waals surface area contributed by atoms with Gasteiger partial charge in [-0.3, -0.25) is 0 Å². The molecule has 4 nitrogen and oxygen atoms in total. The molecule has 21 heavy (non-hydrogen) atoms. The van der Waals surface area contributed by atoms with Crippen LogP contribution in [0, 0.1) is 0 Å². The summed E-state index contributed by atoms with van der Waals surface area (Å²) in [6.45, 7) is 8.79. The third kappa shape index (κ3) is 3.76. The van der Waals surface area contributed by atoms with Crippen molar-refractivity contribution in [3.05, 3.63) is 24.0 Å². The van der Waals surface area contributed by atoms with E-state index in [1.165, 1.54) is 11.9 Å². The number of fused-ring (bicyclic) bond motifs is 1. The fourth-order valence-corrected chi connectivity index (χ4v) is 2.64. The topological polar surface area (TPSA) is 47.1 Å². The van der Waals surface area contributed by atoms with Gasteiger partial charge in [0.25, 0.3) is 0 Å². The molecule has 0 aliphatic rings. The summed E-state index contributed by atoms with van der Waals surface area (Å²) in [6, 6.07) is 6.03. The molecule has 0 saturated heterocycles. The Kier molecular flexibility index (Phi) is 4.57. The van der Waals surface area contributed by atoms with Gasteiger partial charge in [-0.05, 0) is 51.7 Å². The number of hydrogen-bond acceptors (Lipinski definition) is 3. The highest BCUT2D eigenvalue weighted by atomic mass is 15.1. The number of benzene rings is 1. The predicted octanol–water partition coefficient (Wildman–Crippen LogP) is 3.26. The quantitative estimate of drug-likeness (QED) is 0.678. The van der Waals surface area contributed by atoms with Crippen LogP contribution in [-0.2, 0) is 12.0 Å². The number of hydrogen-bond donors (Lipinski definition) is 1. The van der Waals surface area contributed by atoms with Gasteiger partial charge in [0.1, 0.15) is 5.82 Å². The summed E-state index contributed by atoms with van der Waals surface area (Å²) < 4.78 is 2.37. The number of unbranched alkanes of at least 4 members (excludes halogenated alkanes) is 1. The first kappa shape index (κ1) is 15.8. The second kappa shape index (κ2) is 6.06. The van der Waals surface area contributed by atoms with Gasteiger partial charge in [0.05, 0.1) is 11.0 Å². The molecule has 1 aromatic carbocycles. The second-order valence-electron chi connectivity index (χ2n) is 7.10. The maximum Gasteiger partial charge on any atom is 0.115 e. The van der Waals surface area contributed by atoms with E-state index in [0.29, 0.717) is 0 Å². The Morgan fingerprint density at radius 1 is 1.19 bits per heavy atom. The molecule has 0 fully saturated rings. The van der Waals surface area contributed by atoms with Crippen molar-refractivity contribution >= 4 is 16.7 Å². The largest absolute Gasteiger partial charge is 0.399 e. The minimum Gasteiger partial charge on any atom is -0.399 e. The Morgan fingerprint density at radius 2 is 1.90 bits per heavy atom. The first-order valence-electron chi connectivity index (χ1n) is 7.70. The Bertz CT molecular complexity index is 605. The third-order valence-electron chi connectivity index (χ3n) is 3.68. The van der Waals surface area contributed by atoms with E-state index >= 15 is 0 Å². The summed E-state index contributed by atoms with van der Waals surface area (Å²) in [6.07, 6.45) is 2.36. The van der Waals surface area contributed by atoms with Gasteiger partial charge in [0.15, 0.2) is 0 Å². The van der Waals surface area contributed by atoms with Crippen LogP contribution in [0.2, 0.25) is 0 Å². The zero-order valence-electron chi connectivity index (χ0n) is 14.0. The monoisotopic (exact) mass is 288 g/mol. The zero-order chi connectivity index (χ0) is 15.6. The van der Waals surface area contributed by atoms with E-state index in [1.807, 2.05) is 12.1 Å². The Hall–Kier alpha value is -1.55. The molecule has 2 rings (SSSR count). The predicted molar refractivity (Wildman–Crippen MR) is 90.6 cm³/mol. The van der Waals surface area contributed by atoms with Crippen molar-refractivity contribution in [2.45, 2.75) is 45.6 Å². The summed E-state index contributed by atoms with van der Waals surface area (Å²) in [5.74, 6) is 1.15. The maximum absolute atomic E-state index is 5.89. The van der Waals surface area contributed by atoms with Crippen LogP contribution in [0.3, 0.4) is 0 Å². The van der Waals surface area contributed by atoms with Crippen LogP contribution >= 0.6 is 0 Å². The number of anilines is 1. The fourth-order valence-electron chi connectivity index (χ4n) is 2.64. The van der Waals surface area contributed by atoms with Gasteiger partial charge >= 0.3 is 0 Å². The molecule has 0 bridgehead atoms. The SMILES string of the molecule is CN(C)CCCCn1c(C(C)(C)C)nc2cc(N)ccc21. The molecule has 0 amide bonds. The molecular formula is C17H28N4. The van der Waals surface area contributed by atoms with Crippen molar-refractivity contribution in [2.24, 2.45) is 0 Å². The molecule has 1 heterocycles. The molecule has 0 unspecified atom stereocenters. The summed E-state index contributed by atoms with van der Waals surface area (Å²) in [5.41, 5.74) is 8.91. The standard InChI is InChI=1S/C17H28N4/c1-17(2,3)16-19-14-12-13(18)8-9-15(14)21(16)11-7-6-10-20(4)5/h8-9,12H,6-7,10-11,18H2,1-5H3. The van der Waals surface area contributed by atoms with Crippen molar-refractivity contribution in [1.29, 1.82) is 0 Å². The second-order valence-corrected chi connectivity index (χ2v) is 7.10. The van der Waals surface area contributed by atoms with Crippen LogP contribution in [0.25, 0.3) is 11.0 Å². The summed E-state index contributed by atoms with van der Waals surface area (Å²) >= 11 is 0. The highest BCUT2D eigenvalue weighted by Gasteiger charge is 2.22. The third-order valence-corrected chi connectivity index (χ3v) is 3.68. The maximum atomic E-state index is 5.89. The number of aryl methyl sites for hydroxylation is 1. The van der Waals surface area contributed by atoms with Crippen molar-refractivity contribution in [1.82, 2.24) is 14.5 Å². The Morgan fingerprint density at radius 3 is 2.52 bits per heavy atom. The van der Waals surface area contributed by atoms with Crippen LogP contribution in [0.1, 0.15) is 39.4 Å². The van der Waals surface area contributed by atoms with Crippen molar-refractivity contribution in [2.75, 3.05) is 26.4 Å². The van der Waals surface area contributed by atoms with E-state index in [9.17, 15) is 0 Å². The molecule has 4 heteroatoms. The van der Waals surface area contributed by atoms with Gasteiger partial charge in [0, 0.05) is 17.6 Å². The molecule has 1 aromatic heterocycles. The molecule has 0 aliphatic carbocycles. The van der Waals surface area contributed by atoms with E-state index in [-0.39, 0.29) is 5.41 Å². The van der Waals surface area contributed by atoms with E-state index < -0.39 is 0 Å². The molecule has 0 aliphatic heterocycles. The van der Waals surface area contributed by atoms with Crippen LogP contribution < -0.4 is 5.73 Å². The molecule has 116 valence electrons. The number of nitrogens with two attached hydrogens (primary N) is 1. The van der Waals surface area contributed by atoms with Gasteiger partial charge in [-0.25, -0.2) is 4.98 Å². The van der Waals surface area contributed by atoms with E-state index in [1.54, 1.807) is 0 Å². The van der Waals surface area contributed by atoms with Gasteiger partial charge in [0.2, 0.25) is 0 Å². The first-order valence-corrected chi connectivity index (χ1v) is 7.70. The lowest BCUT2D eigenvalue weighted by molar-refractivity contribution is 0.385. The lowest BCUT2D eigenvalue weighted by atomic mass is 9.95. The van der Waals surface area contributed by atoms with Gasteiger partial charge in [-0.2, -0.15) is 0 Å². The normalized spacial score (nSPS) is 12.5. The molecule has 0 radical (unpaired) electrons. The highest BCUT2D eigenvalue weighted by Crippen LogP contribution is 2.27. The molecule has 0 atom stereocenters. The number of rotatable bonds is 5. The van der Waals surface area contributed by atoms with Crippen LogP contribution in [-0.4, -0.2) is 35.1 Å². The Labute approximate surface area is 128 Å². The van der Waals surface area contributed by atoms with Crippen LogP contribution in [0.15, 0.2) is 18.2 Å². The zero-order valence-corrected chi connectivity index (χ0v) is 14.0.